The van der Waals surface area contributed by atoms with Gasteiger partial charge in [-0.15, -0.1) is 0 Å². The van der Waals surface area contributed by atoms with E-state index in [1.165, 1.54) is 6.42 Å². The summed E-state index contributed by atoms with van der Waals surface area (Å²) in [7, 11) is 0. The van der Waals surface area contributed by atoms with Crippen molar-refractivity contribution in [2.24, 2.45) is 5.92 Å². The van der Waals surface area contributed by atoms with Gasteiger partial charge in [-0.05, 0) is 49.5 Å². The third-order valence-corrected chi connectivity index (χ3v) is 2.73. The van der Waals surface area contributed by atoms with Gasteiger partial charge in [0.25, 0.3) is 0 Å². The molecule has 14 heavy (non-hydrogen) atoms. The van der Waals surface area contributed by atoms with Gasteiger partial charge in [-0.2, -0.15) is 0 Å². The van der Waals surface area contributed by atoms with E-state index in [0.29, 0.717) is 5.92 Å². The van der Waals surface area contributed by atoms with Crippen LogP contribution in [0.3, 0.4) is 0 Å². The van der Waals surface area contributed by atoms with Crippen LogP contribution < -0.4 is 5.32 Å². The van der Waals surface area contributed by atoms with Gasteiger partial charge in [-0.3, -0.25) is 0 Å². The second kappa shape index (κ2) is 3.88. The third-order valence-electron chi connectivity index (χ3n) is 2.73. The average Bonchev–Trinajstić information content (AvgIpc) is 2.64. The molecule has 1 unspecified atom stereocenters. The van der Waals surface area contributed by atoms with Gasteiger partial charge < -0.3 is 15.5 Å². The van der Waals surface area contributed by atoms with Crippen molar-refractivity contribution in [1.82, 2.24) is 5.32 Å². The topological polar surface area (TPSA) is 52.5 Å². The Morgan fingerprint density at radius 3 is 2.79 bits per heavy atom. The van der Waals surface area contributed by atoms with Gasteiger partial charge in [0, 0.05) is 0 Å². The van der Waals surface area contributed by atoms with Gasteiger partial charge in [0.05, 0.1) is 0 Å². The van der Waals surface area contributed by atoms with Crippen LogP contribution in [0.5, 0.6) is 11.5 Å². The lowest BCUT2D eigenvalue weighted by atomic mass is 9.98. The van der Waals surface area contributed by atoms with E-state index >= 15 is 0 Å². The summed E-state index contributed by atoms with van der Waals surface area (Å²) in [5, 5.41) is 21.8. The fraction of sp³-hybridized carbons (Fsp3) is 0.455. The normalized spacial score (nSPS) is 21.3. The maximum Gasteiger partial charge on any atom is 0.157 e. The Morgan fingerprint density at radius 1 is 1.29 bits per heavy atom. The molecule has 0 bridgehead atoms. The van der Waals surface area contributed by atoms with E-state index in [-0.39, 0.29) is 11.5 Å². The standard InChI is InChI=1S/C11H15NO2/c13-10-2-1-8(6-11(10)14)5-9-3-4-12-7-9/h1-2,6,9,12-14H,3-5,7H2. The number of hydrogen-bond donors (Lipinski definition) is 3. The highest BCUT2D eigenvalue weighted by molar-refractivity contribution is 5.40. The maximum atomic E-state index is 9.31. The van der Waals surface area contributed by atoms with Crippen LogP contribution in [-0.2, 0) is 6.42 Å². The van der Waals surface area contributed by atoms with Crippen LogP contribution in [0.25, 0.3) is 0 Å². The molecule has 1 aromatic carbocycles. The highest BCUT2D eigenvalue weighted by Gasteiger charge is 2.15. The van der Waals surface area contributed by atoms with Crippen molar-refractivity contribution in [3.8, 4) is 11.5 Å². The lowest BCUT2D eigenvalue weighted by molar-refractivity contribution is 0.402. The van der Waals surface area contributed by atoms with Gasteiger partial charge in [-0.25, -0.2) is 0 Å². The van der Waals surface area contributed by atoms with Crippen molar-refractivity contribution in [2.75, 3.05) is 13.1 Å². The molecule has 1 aromatic rings. The van der Waals surface area contributed by atoms with Gasteiger partial charge in [0.1, 0.15) is 0 Å². The van der Waals surface area contributed by atoms with E-state index in [1.807, 2.05) is 6.07 Å². The number of phenols is 2. The van der Waals surface area contributed by atoms with Crippen molar-refractivity contribution in [3.05, 3.63) is 23.8 Å². The minimum Gasteiger partial charge on any atom is -0.504 e. The third kappa shape index (κ3) is 1.99. The van der Waals surface area contributed by atoms with E-state index in [0.717, 1.165) is 25.1 Å². The zero-order chi connectivity index (χ0) is 9.97. The quantitative estimate of drug-likeness (QED) is 0.620. The summed E-state index contributed by atoms with van der Waals surface area (Å²) in [5.41, 5.74) is 1.09. The zero-order valence-electron chi connectivity index (χ0n) is 8.03. The monoisotopic (exact) mass is 193 g/mol. The molecule has 3 N–H and O–H groups in total. The molecule has 1 atom stereocenters. The predicted molar refractivity (Wildman–Crippen MR) is 54.5 cm³/mol. The molecular formula is C11H15NO2. The number of aromatic hydroxyl groups is 2. The van der Waals surface area contributed by atoms with Crippen LogP contribution in [-0.4, -0.2) is 23.3 Å². The van der Waals surface area contributed by atoms with Crippen molar-refractivity contribution in [2.45, 2.75) is 12.8 Å². The summed E-state index contributed by atoms with van der Waals surface area (Å²) in [4.78, 5) is 0. The van der Waals surface area contributed by atoms with E-state index in [1.54, 1.807) is 12.1 Å². The largest absolute Gasteiger partial charge is 0.504 e. The molecule has 3 heteroatoms. The molecule has 0 aromatic heterocycles. The smallest absolute Gasteiger partial charge is 0.157 e. The van der Waals surface area contributed by atoms with Gasteiger partial charge in [-0.1, -0.05) is 6.07 Å². The van der Waals surface area contributed by atoms with E-state index in [2.05, 4.69) is 5.32 Å². The van der Waals surface area contributed by atoms with Gasteiger partial charge in [0.2, 0.25) is 0 Å². The Hall–Kier alpha value is -1.22. The molecule has 1 aliphatic rings. The molecule has 1 fully saturated rings. The summed E-state index contributed by atoms with van der Waals surface area (Å²) in [6, 6.07) is 5.06. The number of phenolic OH excluding ortho intramolecular Hbond substituents is 2. The Bertz CT molecular complexity index is 319. The Morgan fingerprint density at radius 2 is 2.14 bits per heavy atom. The first-order valence-corrected chi connectivity index (χ1v) is 4.97. The molecule has 1 aliphatic heterocycles. The first-order chi connectivity index (χ1) is 6.75. The van der Waals surface area contributed by atoms with Crippen LogP contribution in [0, 0.1) is 5.92 Å². The van der Waals surface area contributed by atoms with Crippen molar-refractivity contribution in [1.29, 1.82) is 0 Å². The van der Waals surface area contributed by atoms with Crippen LogP contribution >= 0.6 is 0 Å². The predicted octanol–water partition coefficient (Wildman–Crippen LogP) is 1.25. The van der Waals surface area contributed by atoms with Crippen LogP contribution in [0.15, 0.2) is 18.2 Å². The molecule has 0 spiro atoms. The zero-order valence-corrected chi connectivity index (χ0v) is 8.03. The highest BCUT2D eigenvalue weighted by atomic mass is 16.3. The summed E-state index contributed by atoms with van der Waals surface area (Å²) in [6.45, 7) is 2.15. The Balaban J connectivity index is 2.05. The van der Waals surface area contributed by atoms with Crippen molar-refractivity contribution < 1.29 is 10.2 Å². The number of nitrogens with one attached hydrogen (secondary N) is 1. The van der Waals surface area contributed by atoms with Gasteiger partial charge >= 0.3 is 0 Å². The molecule has 3 nitrogen and oxygen atoms in total. The molecular weight excluding hydrogens is 178 g/mol. The lowest BCUT2D eigenvalue weighted by Crippen LogP contribution is -2.10. The van der Waals surface area contributed by atoms with Crippen LogP contribution in [0.1, 0.15) is 12.0 Å². The average molecular weight is 193 g/mol. The summed E-state index contributed by atoms with van der Waals surface area (Å²) < 4.78 is 0. The van der Waals surface area contributed by atoms with E-state index in [4.69, 9.17) is 5.11 Å². The van der Waals surface area contributed by atoms with Crippen LogP contribution in [0.4, 0.5) is 0 Å². The molecule has 1 saturated heterocycles. The molecule has 2 rings (SSSR count). The molecule has 76 valence electrons. The molecule has 0 radical (unpaired) electrons. The Kier molecular flexibility index (Phi) is 2.59. The number of rotatable bonds is 2. The van der Waals surface area contributed by atoms with E-state index < -0.39 is 0 Å². The molecule has 0 amide bonds. The fourth-order valence-corrected chi connectivity index (χ4v) is 1.92. The summed E-state index contributed by atoms with van der Waals surface area (Å²) >= 11 is 0. The van der Waals surface area contributed by atoms with Gasteiger partial charge in [0.15, 0.2) is 11.5 Å². The second-order valence-corrected chi connectivity index (χ2v) is 3.89. The SMILES string of the molecule is Oc1ccc(CC2CCNC2)cc1O. The lowest BCUT2D eigenvalue weighted by Gasteiger charge is -2.08. The highest BCUT2D eigenvalue weighted by Crippen LogP contribution is 2.26. The minimum atomic E-state index is -0.0432. The molecule has 1 heterocycles. The summed E-state index contributed by atoms with van der Waals surface area (Å²) in [6.07, 6.45) is 2.17. The van der Waals surface area contributed by atoms with Crippen LogP contribution in [0.2, 0.25) is 0 Å². The molecule has 0 saturated carbocycles. The van der Waals surface area contributed by atoms with Crippen molar-refractivity contribution in [3.63, 3.8) is 0 Å². The minimum absolute atomic E-state index is 0.0199. The first kappa shape index (κ1) is 9.34. The second-order valence-electron chi connectivity index (χ2n) is 3.89. The summed E-state index contributed by atoms with van der Waals surface area (Å²) in [5.74, 6) is 0.602. The molecule has 0 aliphatic carbocycles. The number of hydrogen-bond acceptors (Lipinski definition) is 3. The number of benzene rings is 1. The van der Waals surface area contributed by atoms with E-state index in [9.17, 15) is 5.11 Å². The van der Waals surface area contributed by atoms with Crippen molar-refractivity contribution >= 4 is 0 Å². The first-order valence-electron chi connectivity index (χ1n) is 4.97. The Labute approximate surface area is 83.4 Å². The fourth-order valence-electron chi connectivity index (χ4n) is 1.92. The maximum absolute atomic E-state index is 9.31.